The van der Waals surface area contributed by atoms with Gasteiger partial charge in [0.15, 0.2) is 0 Å². The number of anilines is 1. The molecule has 1 heterocycles. The Kier molecular flexibility index (Phi) is 3.88. The highest BCUT2D eigenvalue weighted by Crippen LogP contribution is 2.18. The van der Waals surface area contributed by atoms with Gasteiger partial charge >= 0.3 is 0 Å². The Hall–Kier alpha value is -1.42. The zero-order valence-corrected chi connectivity index (χ0v) is 10.1. The van der Waals surface area contributed by atoms with E-state index in [1.165, 1.54) is 16.9 Å². The predicted octanol–water partition coefficient (Wildman–Crippen LogP) is 3.14. The molecule has 84 valence electrons. The molecule has 4 heteroatoms. The molecular weight excluding hydrogens is 218 g/mol. The quantitative estimate of drug-likeness (QED) is 0.862. The number of hydrogen-bond donors (Lipinski definition) is 1. The van der Waals surface area contributed by atoms with Gasteiger partial charge in [-0.25, -0.2) is 0 Å². The van der Waals surface area contributed by atoms with E-state index in [1.807, 2.05) is 0 Å². The average molecular weight is 233 g/mol. The first-order chi connectivity index (χ1) is 7.86. The van der Waals surface area contributed by atoms with Crippen molar-refractivity contribution < 1.29 is 0 Å². The molecule has 3 nitrogen and oxygen atoms in total. The van der Waals surface area contributed by atoms with Crippen molar-refractivity contribution in [2.45, 2.75) is 19.3 Å². The van der Waals surface area contributed by atoms with Crippen molar-refractivity contribution in [1.29, 1.82) is 0 Å². The van der Waals surface area contributed by atoms with Crippen molar-refractivity contribution in [3.63, 3.8) is 0 Å². The second-order valence-corrected chi connectivity index (χ2v) is 4.60. The minimum Gasteiger partial charge on any atom is -0.360 e. The first-order valence-electron chi connectivity index (χ1n) is 5.41. The molecule has 2 rings (SSSR count). The van der Waals surface area contributed by atoms with Crippen LogP contribution in [0.25, 0.3) is 0 Å². The lowest BCUT2D eigenvalue weighted by Crippen LogP contribution is -2.05. The zero-order valence-electron chi connectivity index (χ0n) is 9.26. The number of aromatic nitrogens is 2. The fourth-order valence-corrected chi connectivity index (χ4v) is 2.07. The van der Waals surface area contributed by atoms with Gasteiger partial charge in [-0.3, -0.25) is 0 Å². The average Bonchev–Trinajstić information content (AvgIpc) is 2.83. The summed E-state index contributed by atoms with van der Waals surface area (Å²) in [5.41, 5.74) is 3.13. The third-order valence-corrected chi connectivity index (χ3v) is 3.23. The van der Waals surface area contributed by atoms with Crippen LogP contribution in [0, 0.1) is 0 Å². The Morgan fingerprint density at radius 2 is 2.12 bits per heavy atom. The molecule has 0 radical (unpaired) electrons. The van der Waals surface area contributed by atoms with Crippen molar-refractivity contribution >= 4 is 16.5 Å². The largest absolute Gasteiger partial charge is 0.360 e. The summed E-state index contributed by atoms with van der Waals surface area (Å²) in [6.07, 6.45) is 1.10. The Morgan fingerprint density at radius 3 is 2.81 bits per heavy atom. The smallest absolute Gasteiger partial charge is 0.205 e. The summed E-state index contributed by atoms with van der Waals surface area (Å²) >= 11 is 1.54. The molecule has 0 aliphatic heterocycles. The molecule has 16 heavy (non-hydrogen) atoms. The van der Waals surface area contributed by atoms with Gasteiger partial charge in [0.2, 0.25) is 5.13 Å². The lowest BCUT2D eigenvalue weighted by atomic mass is 9.98. The predicted molar refractivity (Wildman–Crippen MR) is 67.9 cm³/mol. The molecule has 0 amide bonds. The second-order valence-electron chi connectivity index (χ2n) is 3.77. The fourth-order valence-electron chi connectivity index (χ4n) is 1.59. The minimum absolute atomic E-state index is 0.571. The molecule has 1 N–H and O–H groups in total. The summed E-state index contributed by atoms with van der Waals surface area (Å²) in [6.45, 7) is 3.18. The maximum atomic E-state index is 3.94. The number of nitrogens with one attached hydrogen (secondary N) is 1. The van der Waals surface area contributed by atoms with E-state index in [0.29, 0.717) is 5.92 Å². The van der Waals surface area contributed by atoms with Crippen LogP contribution in [0.15, 0.2) is 35.8 Å². The lowest BCUT2D eigenvalue weighted by molar-refractivity contribution is 0.705. The van der Waals surface area contributed by atoms with Crippen LogP contribution in [0.3, 0.4) is 0 Å². The molecule has 0 saturated carbocycles. The molecule has 2 aromatic rings. The van der Waals surface area contributed by atoms with E-state index in [4.69, 9.17) is 0 Å². The third-order valence-electron chi connectivity index (χ3n) is 2.58. The van der Waals surface area contributed by atoms with Crippen LogP contribution in [0.2, 0.25) is 0 Å². The fraction of sp³-hybridized carbons (Fsp3) is 0.333. The van der Waals surface area contributed by atoms with E-state index in [-0.39, 0.29) is 0 Å². The van der Waals surface area contributed by atoms with Crippen LogP contribution >= 0.6 is 11.3 Å². The highest BCUT2D eigenvalue weighted by atomic mass is 32.1. The summed E-state index contributed by atoms with van der Waals surface area (Å²) < 4.78 is 0. The van der Waals surface area contributed by atoms with Gasteiger partial charge in [0.25, 0.3) is 0 Å². The maximum Gasteiger partial charge on any atom is 0.205 e. The maximum absolute atomic E-state index is 3.94. The summed E-state index contributed by atoms with van der Waals surface area (Å²) in [5.74, 6) is 0.571. The molecule has 1 aromatic carbocycles. The highest BCUT2D eigenvalue weighted by Gasteiger charge is 2.04. The van der Waals surface area contributed by atoms with Gasteiger partial charge in [-0.2, -0.15) is 0 Å². The van der Waals surface area contributed by atoms with Crippen molar-refractivity contribution in [2.24, 2.45) is 0 Å². The molecule has 0 bridgehead atoms. The van der Waals surface area contributed by atoms with Gasteiger partial charge < -0.3 is 5.32 Å². The second kappa shape index (κ2) is 5.61. The van der Waals surface area contributed by atoms with Crippen LogP contribution in [-0.4, -0.2) is 16.7 Å². The Balaban J connectivity index is 1.78. The van der Waals surface area contributed by atoms with Gasteiger partial charge in [-0.05, 0) is 17.9 Å². The third kappa shape index (κ3) is 3.03. The van der Waals surface area contributed by atoms with Crippen molar-refractivity contribution in [2.75, 3.05) is 11.9 Å². The Bertz CT molecular complexity index is 399. The van der Waals surface area contributed by atoms with Crippen molar-refractivity contribution in [1.82, 2.24) is 10.2 Å². The van der Waals surface area contributed by atoms with Crippen molar-refractivity contribution in [3.8, 4) is 0 Å². The first kappa shape index (κ1) is 11.1. The molecule has 1 unspecified atom stereocenters. The van der Waals surface area contributed by atoms with E-state index in [2.05, 4.69) is 52.8 Å². The van der Waals surface area contributed by atoms with E-state index in [1.54, 1.807) is 5.51 Å². The molecule has 1 aromatic heterocycles. The van der Waals surface area contributed by atoms with Gasteiger partial charge in [0.05, 0.1) is 0 Å². The van der Waals surface area contributed by atoms with Crippen LogP contribution in [0.5, 0.6) is 0 Å². The Morgan fingerprint density at radius 1 is 1.31 bits per heavy atom. The molecule has 0 aliphatic carbocycles. The van der Waals surface area contributed by atoms with Crippen LogP contribution in [-0.2, 0) is 0 Å². The number of benzene rings is 1. The highest BCUT2D eigenvalue weighted by molar-refractivity contribution is 7.13. The lowest BCUT2D eigenvalue weighted by Gasteiger charge is -2.11. The van der Waals surface area contributed by atoms with Gasteiger partial charge in [0, 0.05) is 6.54 Å². The van der Waals surface area contributed by atoms with Gasteiger partial charge in [-0.15, -0.1) is 10.2 Å². The first-order valence-corrected chi connectivity index (χ1v) is 6.29. The van der Waals surface area contributed by atoms with Gasteiger partial charge in [0.1, 0.15) is 5.51 Å². The molecule has 0 fully saturated rings. The molecule has 0 aliphatic rings. The molecule has 1 atom stereocenters. The minimum atomic E-state index is 0.571. The summed E-state index contributed by atoms with van der Waals surface area (Å²) in [5, 5.41) is 11.9. The monoisotopic (exact) mass is 233 g/mol. The normalized spacial score (nSPS) is 12.3. The summed E-state index contributed by atoms with van der Waals surface area (Å²) in [7, 11) is 0. The Labute approximate surface area is 99.5 Å². The topological polar surface area (TPSA) is 37.8 Å². The number of hydrogen-bond acceptors (Lipinski definition) is 4. The van der Waals surface area contributed by atoms with E-state index >= 15 is 0 Å². The molecule has 0 saturated heterocycles. The molecule has 0 spiro atoms. The van der Waals surface area contributed by atoms with Crippen LogP contribution < -0.4 is 5.32 Å². The number of rotatable bonds is 5. The van der Waals surface area contributed by atoms with E-state index in [9.17, 15) is 0 Å². The van der Waals surface area contributed by atoms with Gasteiger partial charge in [-0.1, -0.05) is 48.6 Å². The van der Waals surface area contributed by atoms with Crippen molar-refractivity contribution in [3.05, 3.63) is 41.4 Å². The summed E-state index contributed by atoms with van der Waals surface area (Å²) in [4.78, 5) is 0. The zero-order chi connectivity index (χ0) is 11.2. The van der Waals surface area contributed by atoms with E-state index < -0.39 is 0 Å². The van der Waals surface area contributed by atoms with Crippen LogP contribution in [0.1, 0.15) is 24.8 Å². The SMILES string of the molecule is CC(CCNc1nncs1)c1ccccc1. The van der Waals surface area contributed by atoms with E-state index in [0.717, 1.165) is 18.1 Å². The van der Waals surface area contributed by atoms with Crippen LogP contribution in [0.4, 0.5) is 5.13 Å². The summed E-state index contributed by atoms with van der Waals surface area (Å²) in [6, 6.07) is 10.6. The number of nitrogens with zero attached hydrogens (tertiary/aromatic N) is 2. The molecular formula is C12H15N3S. The standard InChI is InChI=1S/C12H15N3S/c1-10(11-5-3-2-4-6-11)7-8-13-12-15-14-9-16-12/h2-6,9-10H,7-8H2,1H3,(H,13,15).